The molecule has 1 atom stereocenters. The van der Waals surface area contributed by atoms with Crippen LogP contribution in [-0.2, 0) is 14.8 Å². The van der Waals surface area contributed by atoms with E-state index in [0.717, 1.165) is 19.1 Å². The van der Waals surface area contributed by atoms with Gasteiger partial charge in [0.25, 0.3) is 10.0 Å². The zero-order valence-electron chi connectivity index (χ0n) is 9.75. The number of hydrogen-bond donors (Lipinski definition) is 3. The highest BCUT2D eigenvalue weighted by atomic mass is 32.2. The molecule has 1 aromatic carbocycles. The Morgan fingerprint density at radius 2 is 1.89 bits per heavy atom. The van der Waals surface area contributed by atoms with Gasteiger partial charge in [0.15, 0.2) is 0 Å². The first kappa shape index (κ1) is 14.9. The minimum atomic E-state index is -4.39. The Balaban J connectivity index is 2.84. The molecule has 0 spiro atoms. The number of carboxylic acids is 1. The van der Waals surface area contributed by atoms with Crippen LogP contribution in [0.3, 0.4) is 0 Å². The molecule has 0 fully saturated rings. The number of carboxylic acid groups (broad SMARTS) is 1. The monoisotopic (exact) mass is 290 g/mol. The summed E-state index contributed by atoms with van der Waals surface area (Å²) in [4.78, 5) is 21.0. The van der Waals surface area contributed by atoms with Crippen molar-refractivity contribution in [2.75, 3.05) is 0 Å². The summed E-state index contributed by atoms with van der Waals surface area (Å²) in [5.74, 6) is -2.35. The van der Waals surface area contributed by atoms with Crippen LogP contribution in [-0.4, -0.2) is 31.6 Å². The molecule has 1 rings (SSSR count). The van der Waals surface area contributed by atoms with Gasteiger partial charge in [-0.15, -0.1) is 0 Å². The zero-order valence-corrected chi connectivity index (χ0v) is 10.6. The maximum Gasteiger partial charge on any atom is 0.329 e. The summed E-state index contributed by atoms with van der Waals surface area (Å²) in [5, 5.41) is 10.4. The van der Waals surface area contributed by atoms with E-state index in [1.54, 1.807) is 0 Å². The Morgan fingerprint density at radius 3 is 2.42 bits per heavy atom. The fourth-order valence-corrected chi connectivity index (χ4v) is 2.12. The van der Waals surface area contributed by atoms with Crippen LogP contribution >= 0.6 is 0 Å². The van der Waals surface area contributed by atoms with Crippen LogP contribution in [0.25, 0.3) is 0 Å². The molecule has 0 aliphatic carbocycles. The molecule has 0 radical (unpaired) electrons. The lowest BCUT2D eigenvalue weighted by Gasteiger charge is -2.11. The molecule has 0 aromatic heterocycles. The SMILES string of the molecule is C[C@H](NC(=O)NS(=O)(=O)c1ccccc1F)C(=O)O. The van der Waals surface area contributed by atoms with Gasteiger partial charge in [0.1, 0.15) is 16.8 Å². The van der Waals surface area contributed by atoms with Gasteiger partial charge in [-0.1, -0.05) is 12.1 Å². The smallest absolute Gasteiger partial charge is 0.329 e. The molecule has 2 amide bonds. The first-order valence-electron chi connectivity index (χ1n) is 5.04. The van der Waals surface area contributed by atoms with Crippen LogP contribution in [0, 0.1) is 5.82 Å². The van der Waals surface area contributed by atoms with Crippen molar-refractivity contribution in [1.29, 1.82) is 0 Å². The maximum absolute atomic E-state index is 13.3. The van der Waals surface area contributed by atoms with Gasteiger partial charge in [-0.25, -0.2) is 22.3 Å². The fourth-order valence-electron chi connectivity index (χ4n) is 1.13. The van der Waals surface area contributed by atoms with Crippen molar-refractivity contribution in [2.24, 2.45) is 0 Å². The van der Waals surface area contributed by atoms with E-state index in [1.807, 2.05) is 5.32 Å². The van der Waals surface area contributed by atoms with Gasteiger partial charge in [0.05, 0.1) is 0 Å². The minimum Gasteiger partial charge on any atom is -0.480 e. The Labute approximate surface area is 108 Å². The number of aliphatic carboxylic acids is 1. The lowest BCUT2D eigenvalue weighted by molar-refractivity contribution is -0.138. The average Bonchev–Trinajstić information content (AvgIpc) is 2.27. The molecule has 1 aromatic rings. The highest BCUT2D eigenvalue weighted by Gasteiger charge is 2.23. The van der Waals surface area contributed by atoms with Gasteiger partial charge in [-0.3, -0.25) is 4.79 Å². The topological polar surface area (TPSA) is 113 Å². The molecule has 0 heterocycles. The largest absolute Gasteiger partial charge is 0.480 e. The van der Waals surface area contributed by atoms with Gasteiger partial charge in [0, 0.05) is 0 Å². The minimum absolute atomic E-state index is 0.701. The van der Waals surface area contributed by atoms with Gasteiger partial charge >= 0.3 is 12.0 Å². The molecular weight excluding hydrogens is 279 g/mol. The summed E-state index contributed by atoms with van der Waals surface area (Å²) in [5.41, 5.74) is 0. The number of urea groups is 1. The predicted octanol–water partition coefficient (Wildman–Crippen LogP) is 0.287. The third-order valence-corrected chi connectivity index (χ3v) is 3.44. The lowest BCUT2D eigenvalue weighted by Crippen LogP contribution is -2.46. The lowest BCUT2D eigenvalue weighted by atomic mass is 10.3. The molecule has 7 nitrogen and oxygen atoms in total. The summed E-state index contributed by atoms with van der Waals surface area (Å²) in [6.45, 7) is 1.15. The quantitative estimate of drug-likeness (QED) is 0.737. The van der Waals surface area contributed by atoms with Gasteiger partial charge < -0.3 is 10.4 Å². The van der Waals surface area contributed by atoms with Crippen molar-refractivity contribution in [3.63, 3.8) is 0 Å². The Morgan fingerprint density at radius 1 is 1.32 bits per heavy atom. The molecule has 9 heteroatoms. The maximum atomic E-state index is 13.3. The molecular formula is C10H11FN2O5S. The Hall–Kier alpha value is -2.16. The standard InChI is InChI=1S/C10H11FN2O5S/c1-6(9(14)15)12-10(16)13-19(17,18)8-5-3-2-4-7(8)11/h2-6H,1H3,(H,14,15)(H2,12,13,16)/t6-/m0/s1. The van der Waals surface area contributed by atoms with E-state index >= 15 is 0 Å². The van der Waals surface area contributed by atoms with E-state index in [9.17, 15) is 22.4 Å². The van der Waals surface area contributed by atoms with Gasteiger partial charge in [-0.2, -0.15) is 0 Å². The number of amides is 2. The molecule has 0 saturated carbocycles. The van der Waals surface area contributed by atoms with Crippen molar-refractivity contribution in [3.05, 3.63) is 30.1 Å². The Bertz CT molecular complexity index is 602. The van der Waals surface area contributed by atoms with Crippen LogP contribution in [0.15, 0.2) is 29.2 Å². The van der Waals surface area contributed by atoms with E-state index in [2.05, 4.69) is 0 Å². The third kappa shape index (κ3) is 3.91. The van der Waals surface area contributed by atoms with Gasteiger partial charge in [-0.05, 0) is 19.1 Å². The summed E-state index contributed by atoms with van der Waals surface area (Å²) in [6, 6.07) is 1.95. The fraction of sp³-hybridized carbons (Fsp3) is 0.200. The first-order chi connectivity index (χ1) is 8.74. The second-order valence-corrected chi connectivity index (χ2v) is 5.22. The van der Waals surface area contributed by atoms with Crippen molar-refractivity contribution in [2.45, 2.75) is 17.9 Å². The number of carbonyl (C=O) groups is 2. The molecule has 3 N–H and O–H groups in total. The van der Waals surface area contributed by atoms with Crippen LogP contribution in [0.1, 0.15) is 6.92 Å². The van der Waals surface area contributed by atoms with E-state index < -0.39 is 38.8 Å². The normalized spacial score (nSPS) is 12.5. The van der Waals surface area contributed by atoms with Gasteiger partial charge in [0.2, 0.25) is 0 Å². The summed E-state index contributed by atoms with van der Waals surface area (Å²) in [7, 11) is -4.39. The number of nitrogens with one attached hydrogen (secondary N) is 2. The molecule has 0 bridgehead atoms. The zero-order chi connectivity index (χ0) is 14.6. The van der Waals surface area contributed by atoms with Crippen molar-refractivity contribution in [1.82, 2.24) is 10.0 Å². The number of benzene rings is 1. The summed E-state index contributed by atoms with van der Waals surface area (Å²) >= 11 is 0. The predicted molar refractivity (Wildman–Crippen MR) is 62.4 cm³/mol. The number of carbonyl (C=O) groups excluding carboxylic acids is 1. The Kier molecular flexibility index (Phi) is 4.43. The second-order valence-electron chi connectivity index (χ2n) is 3.57. The highest BCUT2D eigenvalue weighted by molar-refractivity contribution is 7.90. The summed E-state index contributed by atoms with van der Waals surface area (Å²) in [6.07, 6.45) is 0. The molecule has 0 aliphatic heterocycles. The molecule has 0 unspecified atom stereocenters. The summed E-state index contributed by atoms with van der Waals surface area (Å²) < 4.78 is 38.1. The van der Waals surface area contributed by atoms with Crippen LogP contribution in [0.5, 0.6) is 0 Å². The number of halogens is 1. The number of hydrogen-bond acceptors (Lipinski definition) is 4. The number of sulfonamides is 1. The first-order valence-corrected chi connectivity index (χ1v) is 6.53. The van der Waals surface area contributed by atoms with Crippen molar-refractivity contribution >= 4 is 22.0 Å². The van der Waals surface area contributed by atoms with Crippen molar-refractivity contribution < 1.29 is 27.5 Å². The molecule has 0 aliphatic rings. The van der Waals surface area contributed by atoms with E-state index in [1.165, 1.54) is 16.9 Å². The molecule has 104 valence electrons. The number of rotatable bonds is 4. The van der Waals surface area contributed by atoms with Crippen molar-refractivity contribution in [3.8, 4) is 0 Å². The molecule has 19 heavy (non-hydrogen) atoms. The average molecular weight is 290 g/mol. The van der Waals surface area contributed by atoms with E-state index in [4.69, 9.17) is 5.11 Å². The second kappa shape index (κ2) is 5.65. The van der Waals surface area contributed by atoms with E-state index in [0.29, 0.717) is 0 Å². The van der Waals surface area contributed by atoms with Crippen LogP contribution in [0.4, 0.5) is 9.18 Å². The van der Waals surface area contributed by atoms with Crippen LogP contribution in [0.2, 0.25) is 0 Å². The van der Waals surface area contributed by atoms with Crippen LogP contribution < -0.4 is 10.0 Å². The third-order valence-electron chi connectivity index (χ3n) is 2.07. The molecule has 0 saturated heterocycles. The highest BCUT2D eigenvalue weighted by Crippen LogP contribution is 2.12. The van der Waals surface area contributed by atoms with E-state index in [-0.39, 0.29) is 0 Å².